The standard InChI is InChI=1S/C10H20O4/c11-5-3-9-13-7-1-2-8-14-10-4-6-12/h1-2,11-12H,3-10H2/b2-1-. The molecule has 0 atom stereocenters. The molecule has 0 aromatic carbocycles. The molecule has 84 valence electrons. The molecule has 0 saturated carbocycles. The lowest BCUT2D eigenvalue weighted by Crippen LogP contribution is -1.98. The summed E-state index contributed by atoms with van der Waals surface area (Å²) in [6.45, 7) is 2.65. The fraction of sp³-hybridized carbons (Fsp3) is 0.800. The maximum atomic E-state index is 8.45. The van der Waals surface area contributed by atoms with Gasteiger partial charge in [-0.05, 0) is 12.8 Å². The minimum absolute atomic E-state index is 0.175. The van der Waals surface area contributed by atoms with Gasteiger partial charge in [-0.1, -0.05) is 12.2 Å². The molecule has 0 heterocycles. The highest BCUT2D eigenvalue weighted by Gasteiger charge is 1.85. The Hall–Kier alpha value is -0.420. The Balaban J connectivity index is 2.96. The Bertz CT molecular complexity index is 111. The zero-order valence-corrected chi connectivity index (χ0v) is 8.52. The monoisotopic (exact) mass is 204 g/mol. The van der Waals surface area contributed by atoms with Gasteiger partial charge in [-0.2, -0.15) is 0 Å². The molecule has 0 aromatic heterocycles. The van der Waals surface area contributed by atoms with Gasteiger partial charge in [-0.3, -0.25) is 0 Å². The van der Waals surface area contributed by atoms with Crippen LogP contribution in [0.4, 0.5) is 0 Å². The van der Waals surface area contributed by atoms with E-state index in [4.69, 9.17) is 19.7 Å². The predicted octanol–water partition coefficient (Wildman–Crippen LogP) is 0.341. The van der Waals surface area contributed by atoms with Gasteiger partial charge in [0.25, 0.3) is 0 Å². The van der Waals surface area contributed by atoms with Gasteiger partial charge in [0, 0.05) is 26.4 Å². The van der Waals surface area contributed by atoms with E-state index >= 15 is 0 Å². The van der Waals surface area contributed by atoms with E-state index in [9.17, 15) is 0 Å². The van der Waals surface area contributed by atoms with E-state index < -0.39 is 0 Å². The lowest BCUT2D eigenvalue weighted by molar-refractivity contribution is 0.132. The third kappa shape index (κ3) is 11.6. The second-order valence-corrected chi connectivity index (χ2v) is 2.78. The van der Waals surface area contributed by atoms with E-state index in [0.29, 0.717) is 39.3 Å². The average molecular weight is 204 g/mol. The molecule has 4 nitrogen and oxygen atoms in total. The van der Waals surface area contributed by atoms with Crippen molar-refractivity contribution in [2.75, 3.05) is 39.6 Å². The Morgan fingerprint density at radius 3 is 1.57 bits per heavy atom. The van der Waals surface area contributed by atoms with E-state index in [1.165, 1.54) is 0 Å². The van der Waals surface area contributed by atoms with E-state index in [1.807, 2.05) is 12.2 Å². The van der Waals surface area contributed by atoms with Crippen LogP contribution in [0.2, 0.25) is 0 Å². The fourth-order valence-electron chi connectivity index (χ4n) is 0.772. The molecule has 2 N–H and O–H groups in total. The Kier molecular flexibility index (Phi) is 12.2. The first-order chi connectivity index (χ1) is 6.91. The van der Waals surface area contributed by atoms with Crippen molar-refractivity contribution in [3.8, 4) is 0 Å². The second-order valence-electron chi connectivity index (χ2n) is 2.78. The molecule has 0 aliphatic rings. The highest BCUT2D eigenvalue weighted by atomic mass is 16.5. The molecule has 0 saturated heterocycles. The number of hydrogen-bond acceptors (Lipinski definition) is 4. The summed E-state index contributed by atoms with van der Waals surface area (Å²) in [6.07, 6.45) is 5.13. The smallest absolute Gasteiger partial charge is 0.0648 e. The average Bonchev–Trinajstić information content (AvgIpc) is 2.21. The topological polar surface area (TPSA) is 58.9 Å². The van der Waals surface area contributed by atoms with Crippen molar-refractivity contribution in [3.63, 3.8) is 0 Å². The van der Waals surface area contributed by atoms with Crippen LogP contribution in [0.3, 0.4) is 0 Å². The number of rotatable bonds is 10. The molecule has 0 radical (unpaired) electrons. The number of ether oxygens (including phenoxy) is 2. The van der Waals surface area contributed by atoms with E-state index in [2.05, 4.69) is 0 Å². The van der Waals surface area contributed by atoms with Crippen molar-refractivity contribution >= 4 is 0 Å². The lowest BCUT2D eigenvalue weighted by atomic mass is 10.5. The van der Waals surface area contributed by atoms with Crippen LogP contribution in [0, 0.1) is 0 Å². The summed E-state index contributed by atoms with van der Waals surface area (Å²) in [7, 11) is 0. The molecule has 0 spiro atoms. The molecule has 4 heteroatoms. The van der Waals surface area contributed by atoms with Crippen molar-refractivity contribution in [1.82, 2.24) is 0 Å². The third-order valence-electron chi connectivity index (χ3n) is 1.49. The number of aliphatic hydroxyl groups excluding tert-OH is 2. The van der Waals surface area contributed by atoms with Gasteiger partial charge < -0.3 is 19.7 Å². The molecule has 0 bridgehead atoms. The van der Waals surface area contributed by atoms with E-state index in [1.54, 1.807) is 0 Å². The van der Waals surface area contributed by atoms with Crippen molar-refractivity contribution in [1.29, 1.82) is 0 Å². The first kappa shape index (κ1) is 13.6. The van der Waals surface area contributed by atoms with Crippen LogP contribution in [-0.2, 0) is 9.47 Å². The first-order valence-corrected chi connectivity index (χ1v) is 4.94. The van der Waals surface area contributed by atoms with Crippen LogP contribution in [0.1, 0.15) is 12.8 Å². The summed E-state index contributed by atoms with van der Waals surface area (Å²) in [5.74, 6) is 0. The summed E-state index contributed by atoms with van der Waals surface area (Å²) in [4.78, 5) is 0. The van der Waals surface area contributed by atoms with Gasteiger partial charge in [-0.15, -0.1) is 0 Å². The maximum absolute atomic E-state index is 8.45. The Morgan fingerprint density at radius 1 is 0.786 bits per heavy atom. The summed E-state index contributed by atoms with van der Waals surface area (Å²) < 4.78 is 10.3. The van der Waals surface area contributed by atoms with E-state index in [0.717, 1.165) is 0 Å². The molecular weight excluding hydrogens is 184 g/mol. The van der Waals surface area contributed by atoms with Crippen molar-refractivity contribution < 1.29 is 19.7 Å². The molecule has 0 aliphatic carbocycles. The molecular formula is C10H20O4. The Morgan fingerprint density at radius 2 is 1.21 bits per heavy atom. The van der Waals surface area contributed by atoms with Crippen molar-refractivity contribution in [2.45, 2.75) is 12.8 Å². The van der Waals surface area contributed by atoms with Crippen LogP contribution in [0.15, 0.2) is 12.2 Å². The molecule has 0 aliphatic heterocycles. The van der Waals surface area contributed by atoms with Gasteiger partial charge in [-0.25, -0.2) is 0 Å². The zero-order valence-electron chi connectivity index (χ0n) is 8.52. The van der Waals surface area contributed by atoms with Crippen LogP contribution < -0.4 is 0 Å². The van der Waals surface area contributed by atoms with Crippen LogP contribution in [0.25, 0.3) is 0 Å². The molecule has 0 aromatic rings. The molecule has 0 unspecified atom stereocenters. The molecule has 14 heavy (non-hydrogen) atoms. The quantitative estimate of drug-likeness (QED) is 0.398. The summed E-state index contributed by atoms with van der Waals surface area (Å²) in [5.41, 5.74) is 0. The first-order valence-electron chi connectivity index (χ1n) is 4.94. The van der Waals surface area contributed by atoms with Crippen molar-refractivity contribution in [2.24, 2.45) is 0 Å². The van der Waals surface area contributed by atoms with Gasteiger partial charge in [0.15, 0.2) is 0 Å². The van der Waals surface area contributed by atoms with Gasteiger partial charge in [0.05, 0.1) is 13.2 Å². The minimum atomic E-state index is 0.175. The maximum Gasteiger partial charge on any atom is 0.0648 e. The summed E-state index contributed by atoms with van der Waals surface area (Å²) in [5, 5.41) is 16.9. The number of hydrogen-bond donors (Lipinski definition) is 2. The molecule has 0 amide bonds. The predicted molar refractivity (Wildman–Crippen MR) is 54.2 cm³/mol. The largest absolute Gasteiger partial charge is 0.396 e. The van der Waals surface area contributed by atoms with Gasteiger partial charge in [0.2, 0.25) is 0 Å². The van der Waals surface area contributed by atoms with Gasteiger partial charge >= 0.3 is 0 Å². The fourth-order valence-corrected chi connectivity index (χ4v) is 0.772. The SMILES string of the molecule is OCCCOC/C=C\COCCCO. The molecule has 0 rings (SSSR count). The number of aliphatic hydroxyl groups is 2. The summed E-state index contributed by atoms with van der Waals surface area (Å²) in [6, 6.07) is 0. The molecule has 0 fully saturated rings. The minimum Gasteiger partial charge on any atom is -0.396 e. The Labute approximate surface area is 85.1 Å². The van der Waals surface area contributed by atoms with Crippen LogP contribution in [-0.4, -0.2) is 49.9 Å². The van der Waals surface area contributed by atoms with Crippen LogP contribution in [0.5, 0.6) is 0 Å². The lowest BCUT2D eigenvalue weighted by Gasteiger charge is -1.99. The second kappa shape index (κ2) is 12.6. The third-order valence-corrected chi connectivity index (χ3v) is 1.49. The highest BCUT2D eigenvalue weighted by Crippen LogP contribution is 1.85. The van der Waals surface area contributed by atoms with Crippen LogP contribution >= 0.6 is 0 Å². The van der Waals surface area contributed by atoms with Gasteiger partial charge in [0.1, 0.15) is 0 Å². The zero-order chi connectivity index (χ0) is 10.5. The highest BCUT2D eigenvalue weighted by molar-refractivity contribution is 4.80. The summed E-state index contributed by atoms with van der Waals surface area (Å²) >= 11 is 0. The van der Waals surface area contributed by atoms with Crippen molar-refractivity contribution in [3.05, 3.63) is 12.2 Å². The van der Waals surface area contributed by atoms with E-state index in [-0.39, 0.29) is 13.2 Å². The normalized spacial score (nSPS) is 11.3.